The van der Waals surface area contributed by atoms with E-state index in [-0.39, 0.29) is 48.6 Å². The molecule has 0 aromatic rings. The Balaban J connectivity index is 1.38. The van der Waals surface area contributed by atoms with Crippen LogP contribution in [-0.2, 0) is 28.8 Å². The number of carboxylic acids is 5. The van der Waals surface area contributed by atoms with Gasteiger partial charge < -0.3 is 36.0 Å². The van der Waals surface area contributed by atoms with Gasteiger partial charge >= 0.3 is 29.8 Å². The van der Waals surface area contributed by atoms with Crippen molar-refractivity contribution in [1.29, 1.82) is 0 Å². The summed E-state index contributed by atoms with van der Waals surface area (Å²) in [4.78, 5) is 73.7. The molecule has 7 N–H and O–H groups in total. The van der Waals surface area contributed by atoms with E-state index in [4.69, 9.17) is 10.2 Å². The van der Waals surface area contributed by atoms with Crippen LogP contribution < -0.4 is 5.32 Å². The van der Waals surface area contributed by atoms with Crippen molar-refractivity contribution >= 4 is 35.8 Å². The molecule has 4 unspecified atom stereocenters. The van der Waals surface area contributed by atoms with Crippen LogP contribution in [0.1, 0.15) is 97.8 Å². The fraction of sp³-hybridized carbons (Fsp3) is 0.838. The third kappa shape index (κ3) is 9.25. The summed E-state index contributed by atoms with van der Waals surface area (Å²) in [6.07, 6.45) is 8.92. The number of nitrogens with one attached hydrogen (secondary N) is 1. The number of carbonyl (C=O) groups excluding carboxylic acids is 1. The van der Waals surface area contributed by atoms with Gasteiger partial charge in [0.05, 0.1) is 25.7 Å². The summed E-state index contributed by atoms with van der Waals surface area (Å²) >= 11 is 0. The first kappa shape index (κ1) is 41.5. The highest BCUT2D eigenvalue weighted by molar-refractivity contribution is 5.84. The molecule has 0 aromatic heterocycles. The minimum atomic E-state index is -1.50. The molecule has 0 radical (unpaired) electrons. The lowest BCUT2D eigenvalue weighted by Gasteiger charge is -2.62. The highest BCUT2D eigenvalue weighted by atomic mass is 16.4. The molecule has 0 heterocycles. The number of amides is 1. The molecular formula is C37H59N3O12. The van der Waals surface area contributed by atoms with E-state index < -0.39 is 80.0 Å². The third-order valence-electron chi connectivity index (χ3n) is 13.8. The Bertz CT molecular complexity index is 1330. The number of hydrogen-bond donors (Lipinski definition) is 7. The smallest absolute Gasteiger partial charge is 0.326 e. The number of aliphatic carboxylic acids is 5. The summed E-state index contributed by atoms with van der Waals surface area (Å²) in [6.45, 7) is 3.96. The van der Waals surface area contributed by atoms with Crippen LogP contribution in [0.3, 0.4) is 0 Å². The second kappa shape index (κ2) is 17.2. The molecule has 0 saturated heterocycles. The third-order valence-corrected chi connectivity index (χ3v) is 13.8. The summed E-state index contributed by atoms with van der Waals surface area (Å²) in [7, 11) is 0. The quantitative estimate of drug-likeness (QED) is 0.101. The van der Waals surface area contributed by atoms with Gasteiger partial charge in [0.25, 0.3) is 0 Å². The van der Waals surface area contributed by atoms with Crippen molar-refractivity contribution < 1.29 is 59.4 Å². The highest BCUT2D eigenvalue weighted by Crippen LogP contribution is 2.68. The monoisotopic (exact) mass is 737 g/mol. The number of fused-ring (bicyclic) bond motifs is 5. The predicted molar refractivity (Wildman–Crippen MR) is 186 cm³/mol. The first-order chi connectivity index (χ1) is 24.4. The van der Waals surface area contributed by atoms with Gasteiger partial charge in [0.1, 0.15) is 12.1 Å². The van der Waals surface area contributed by atoms with Crippen molar-refractivity contribution in [2.45, 2.75) is 116 Å². The van der Waals surface area contributed by atoms with E-state index in [9.17, 15) is 49.2 Å². The number of carboxylic acid groups (broad SMARTS) is 5. The zero-order valence-corrected chi connectivity index (χ0v) is 30.7. The molecule has 4 saturated carbocycles. The molecule has 52 heavy (non-hydrogen) atoms. The maximum absolute atomic E-state index is 13.1. The largest absolute Gasteiger partial charge is 0.480 e. The molecule has 0 spiro atoms. The van der Waals surface area contributed by atoms with Crippen LogP contribution >= 0.6 is 0 Å². The van der Waals surface area contributed by atoms with Crippen molar-refractivity contribution in [2.24, 2.45) is 46.3 Å². The molecule has 0 bridgehead atoms. The van der Waals surface area contributed by atoms with Crippen LogP contribution in [-0.4, -0.2) is 127 Å². The second-order valence-corrected chi connectivity index (χ2v) is 16.6. The summed E-state index contributed by atoms with van der Waals surface area (Å²) < 4.78 is 0. The van der Waals surface area contributed by atoms with Crippen molar-refractivity contribution in [2.75, 3.05) is 32.7 Å². The van der Waals surface area contributed by atoms with Crippen LogP contribution in [0.2, 0.25) is 0 Å². The number of rotatable bonds is 19. The van der Waals surface area contributed by atoms with E-state index >= 15 is 0 Å². The predicted octanol–water partition coefficient (Wildman–Crippen LogP) is 2.69. The number of hydrogen-bond acceptors (Lipinski definition) is 9. The summed E-state index contributed by atoms with van der Waals surface area (Å²) in [5.74, 6) is -5.36. The lowest BCUT2D eigenvalue weighted by molar-refractivity contribution is -0.168. The van der Waals surface area contributed by atoms with Gasteiger partial charge in [-0.05, 0) is 104 Å². The van der Waals surface area contributed by atoms with Crippen LogP contribution in [0, 0.1) is 46.3 Å². The molecule has 294 valence electrons. The average molecular weight is 738 g/mol. The number of aliphatic hydroxyl groups is 1. The molecule has 15 nitrogen and oxygen atoms in total. The maximum Gasteiger partial charge on any atom is 0.326 e. The molecule has 15 heteroatoms. The Morgan fingerprint density at radius 2 is 1.44 bits per heavy atom. The van der Waals surface area contributed by atoms with Crippen molar-refractivity contribution in [3.8, 4) is 0 Å². The van der Waals surface area contributed by atoms with Gasteiger partial charge in [-0.2, -0.15) is 0 Å². The van der Waals surface area contributed by atoms with E-state index in [1.54, 1.807) is 0 Å². The van der Waals surface area contributed by atoms with Gasteiger partial charge in [-0.15, -0.1) is 0 Å². The van der Waals surface area contributed by atoms with Gasteiger partial charge in [0.2, 0.25) is 5.91 Å². The normalized spacial score (nSPS) is 32.9. The van der Waals surface area contributed by atoms with E-state index in [0.717, 1.165) is 35.0 Å². The second-order valence-electron chi connectivity index (χ2n) is 16.6. The van der Waals surface area contributed by atoms with Gasteiger partial charge in [-0.25, -0.2) is 4.79 Å². The van der Waals surface area contributed by atoms with Gasteiger partial charge in [0, 0.05) is 19.5 Å². The number of aliphatic hydroxyl groups excluding tert-OH is 1. The lowest BCUT2D eigenvalue weighted by Crippen LogP contribution is -2.58. The number of carbonyl (C=O) groups is 6. The minimum Gasteiger partial charge on any atom is -0.480 e. The molecule has 4 fully saturated rings. The Kier molecular flexibility index (Phi) is 13.7. The van der Waals surface area contributed by atoms with Crippen molar-refractivity contribution in [1.82, 2.24) is 15.1 Å². The van der Waals surface area contributed by atoms with Gasteiger partial charge in [-0.3, -0.25) is 33.8 Å². The maximum atomic E-state index is 13.1. The molecule has 4 aliphatic carbocycles. The fourth-order valence-corrected chi connectivity index (χ4v) is 11.4. The zero-order chi connectivity index (χ0) is 38.5. The van der Waals surface area contributed by atoms with Gasteiger partial charge in [0.15, 0.2) is 0 Å². The minimum absolute atomic E-state index is 0.0619. The van der Waals surface area contributed by atoms with E-state index in [2.05, 4.69) is 19.2 Å². The van der Waals surface area contributed by atoms with E-state index in [0.29, 0.717) is 17.8 Å². The molecule has 1 amide bonds. The van der Waals surface area contributed by atoms with Crippen LogP contribution in [0.4, 0.5) is 0 Å². The molecular weight excluding hydrogens is 678 g/mol. The first-order valence-corrected chi connectivity index (χ1v) is 18.9. The summed E-state index contributed by atoms with van der Waals surface area (Å²) in [5.41, 5.74) is -0.102. The van der Waals surface area contributed by atoms with Crippen molar-refractivity contribution in [3.63, 3.8) is 0 Å². The SMILES string of the molecule is C[C@H](CC(NC(=O)CCC(C(=O)O)N(CCN(CC(=O)O)CC(=O)O)CC(=O)O)C(=O)O)[C@H]1CC[C@H]2[C@@H]3CCC4CCCC[C@]4(C)[C@H]3CC(O)[C@]12C. The molecule has 11 atom stereocenters. The van der Waals surface area contributed by atoms with E-state index in [1.807, 2.05) is 6.92 Å². The Morgan fingerprint density at radius 3 is 2.04 bits per heavy atom. The standard InChI is InChI=1S/C37H59N3O12/c1-21(24-9-10-25-23-8-7-22-6-4-5-13-36(22,2)26(23)17-29(41)37(24,25)3)16-27(34(49)50)38-30(42)12-11-28(35(51)52)40(20-33(47)48)15-14-39(18-31(43)44)19-32(45)46/h21-29,41H,4-20H2,1-3H3,(H,38,42)(H,43,44)(H,45,46)(H,47,48)(H,49,50)(H,51,52)/t21-,22?,23+,24-,25+,26+,27?,28?,29?,36+,37-/m1/s1. The van der Waals surface area contributed by atoms with Crippen LogP contribution in [0.15, 0.2) is 0 Å². The van der Waals surface area contributed by atoms with Crippen LogP contribution in [0.5, 0.6) is 0 Å². The number of nitrogens with zero attached hydrogens (tertiary/aromatic N) is 2. The van der Waals surface area contributed by atoms with E-state index in [1.165, 1.54) is 38.5 Å². The molecule has 4 aliphatic rings. The van der Waals surface area contributed by atoms with Gasteiger partial charge in [-0.1, -0.05) is 33.6 Å². The zero-order valence-electron chi connectivity index (χ0n) is 30.7. The first-order valence-electron chi connectivity index (χ1n) is 18.9. The average Bonchev–Trinajstić information content (AvgIpc) is 3.41. The molecule has 0 aromatic carbocycles. The molecule has 4 rings (SSSR count). The lowest BCUT2D eigenvalue weighted by atomic mass is 9.44. The Morgan fingerprint density at radius 1 is 0.788 bits per heavy atom. The fourth-order valence-electron chi connectivity index (χ4n) is 11.4. The molecule has 0 aliphatic heterocycles. The van der Waals surface area contributed by atoms with Crippen LogP contribution in [0.25, 0.3) is 0 Å². The Labute approximate surface area is 305 Å². The highest BCUT2D eigenvalue weighted by Gasteiger charge is 2.63. The topological polar surface area (TPSA) is 242 Å². The Hall–Kier alpha value is -3.30. The summed E-state index contributed by atoms with van der Waals surface area (Å²) in [6, 6.07) is -2.76. The summed E-state index contributed by atoms with van der Waals surface area (Å²) in [5, 5.41) is 62.1. The van der Waals surface area contributed by atoms with Crippen molar-refractivity contribution in [3.05, 3.63) is 0 Å².